The van der Waals surface area contributed by atoms with Crippen LogP contribution in [0.4, 0.5) is 0 Å². The molecule has 4 unspecified atom stereocenters. The first-order valence-electron chi connectivity index (χ1n) is 16.8. The Morgan fingerprint density at radius 3 is 2.27 bits per heavy atom. The summed E-state index contributed by atoms with van der Waals surface area (Å²) < 4.78 is 0. The predicted octanol–water partition coefficient (Wildman–Crippen LogP) is 9.24. The summed E-state index contributed by atoms with van der Waals surface area (Å²) in [7, 11) is 0. The number of hydrogen-bond donors (Lipinski definition) is 2. The van der Waals surface area contributed by atoms with Gasteiger partial charge in [-0.3, -0.25) is 4.99 Å². The van der Waals surface area contributed by atoms with Gasteiger partial charge in [0.15, 0.2) is 0 Å². The monoisotopic (exact) mass is 579 g/mol. The molecule has 7 rings (SSSR count). The van der Waals surface area contributed by atoms with Crippen LogP contribution in [0.3, 0.4) is 0 Å². The van der Waals surface area contributed by atoms with E-state index in [1.165, 1.54) is 44.8 Å². The fourth-order valence-electron chi connectivity index (χ4n) is 7.38. The minimum absolute atomic E-state index is 0.110. The summed E-state index contributed by atoms with van der Waals surface area (Å²) in [5, 5.41) is 7.76. The van der Waals surface area contributed by atoms with Crippen LogP contribution in [0.1, 0.15) is 69.5 Å². The van der Waals surface area contributed by atoms with Gasteiger partial charge < -0.3 is 10.6 Å². The molecule has 2 heterocycles. The third-order valence-corrected chi connectivity index (χ3v) is 9.74. The Balaban J connectivity index is 1.15. The molecular weight excluding hydrogens is 534 g/mol. The zero-order valence-corrected chi connectivity index (χ0v) is 25.8. The standard InChI is InChI=1S/C41H45N3/c1-5-15-30(16-6-1)36-28-40(32-19-9-3-10-20-32)42-29-37(36)34-23-13-24-35(27-34)39-26-14-25-38(31-17-7-2-8-18-31)43-41(44-39)33-21-11-4-12-22-33/h4-5,7,9,11-13,15-25,28,34,37,40-43H,1-3,6,8,10,14,26-27,29H2/b38-25-,44-39+. The Bertz CT molecular complexity index is 1570. The summed E-state index contributed by atoms with van der Waals surface area (Å²) in [6, 6.07) is 11.0. The lowest BCUT2D eigenvalue weighted by atomic mass is 9.73. The molecule has 0 saturated heterocycles. The van der Waals surface area contributed by atoms with Crippen LogP contribution in [0.2, 0.25) is 0 Å². The molecule has 3 nitrogen and oxygen atoms in total. The van der Waals surface area contributed by atoms with Crippen LogP contribution in [0, 0.1) is 11.8 Å². The van der Waals surface area contributed by atoms with Crippen molar-refractivity contribution in [2.45, 2.75) is 70.0 Å². The maximum atomic E-state index is 5.48. The fourth-order valence-corrected chi connectivity index (χ4v) is 7.38. The number of benzene rings is 1. The van der Waals surface area contributed by atoms with Crippen molar-refractivity contribution < 1.29 is 0 Å². The molecule has 224 valence electrons. The van der Waals surface area contributed by atoms with Crippen LogP contribution in [-0.4, -0.2) is 18.3 Å². The number of rotatable bonds is 6. The molecule has 44 heavy (non-hydrogen) atoms. The van der Waals surface area contributed by atoms with Gasteiger partial charge in [0.05, 0.1) is 6.04 Å². The highest BCUT2D eigenvalue weighted by Crippen LogP contribution is 2.39. The van der Waals surface area contributed by atoms with Gasteiger partial charge in [-0.15, -0.1) is 0 Å². The largest absolute Gasteiger partial charge is 0.360 e. The van der Waals surface area contributed by atoms with E-state index in [4.69, 9.17) is 4.99 Å². The average Bonchev–Trinajstić information content (AvgIpc) is 3.10. The second-order valence-corrected chi connectivity index (χ2v) is 12.7. The molecule has 0 amide bonds. The third-order valence-electron chi connectivity index (χ3n) is 9.74. The van der Waals surface area contributed by atoms with Gasteiger partial charge in [-0.2, -0.15) is 0 Å². The first-order chi connectivity index (χ1) is 21.8. The molecule has 0 spiro atoms. The second-order valence-electron chi connectivity index (χ2n) is 12.7. The van der Waals surface area contributed by atoms with Crippen molar-refractivity contribution in [3.8, 4) is 0 Å². The maximum absolute atomic E-state index is 5.48. The molecule has 6 aliphatic rings. The lowest BCUT2D eigenvalue weighted by Crippen LogP contribution is -2.42. The van der Waals surface area contributed by atoms with Crippen molar-refractivity contribution in [3.63, 3.8) is 0 Å². The summed E-state index contributed by atoms with van der Waals surface area (Å²) in [5.74, 6) is 0.865. The van der Waals surface area contributed by atoms with Gasteiger partial charge in [0.25, 0.3) is 0 Å². The van der Waals surface area contributed by atoms with E-state index >= 15 is 0 Å². The smallest absolute Gasteiger partial charge is 0.145 e. The van der Waals surface area contributed by atoms with Crippen LogP contribution in [0.5, 0.6) is 0 Å². The van der Waals surface area contributed by atoms with Crippen molar-refractivity contribution >= 4 is 5.71 Å². The summed E-state index contributed by atoms with van der Waals surface area (Å²) >= 11 is 0. The summed E-state index contributed by atoms with van der Waals surface area (Å²) in [6.07, 6.45) is 42.8. The zero-order valence-electron chi connectivity index (χ0n) is 25.8. The van der Waals surface area contributed by atoms with E-state index in [1.807, 2.05) is 0 Å². The molecule has 0 fully saturated rings. The van der Waals surface area contributed by atoms with Crippen molar-refractivity contribution in [1.82, 2.24) is 10.6 Å². The topological polar surface area (TPSA) is 36.4 Å². The van der Waals surface area contributed by atoms with Gasteiger partial charge in [0.1, 0.15) is 6.17 Å². The quantitative estimate of drug-likeness (QED) is 0.352. The van der Waals surface area contributed by atoms with E-state index in [1.54, 1.807) is 0 Å². The number of aliphatic imine (C=N–C) groups is 1. The first kappa shape index (κ1) is 28.8. The maximum Gasteiger partial charge on any atom is 0.145 e. The van der Waals surface area contributed by atoms with Gasteiger partial charge in [0, 0.05) is 23.9 Å². The Morgan fingerprint density at radius 1 is 0.750 bits per heavy atom. The Labute approximate surface area is 263 Å². The van der Waals surface area contributed by atoms with Gasteiger partial charge in [-0.1, -0.05) is 115 Å². The van der Waals surface area contributed by atoms with E-state index in [9.17, 15) is 0 Å². The lowest BCUT2D eigenvalue weighted by molar-refractivity contribution is 0.398. The Hall–Kier alpha value is -3.95. The molecular formula is C41H45N3. The van der Waals surface area contributed by atoms with Gasteiger partial charge in [0.2, 0.25) is 0 Å². The minimum atomic E-state index is -0.110. The molecule has 0 bridgehead atoms. The molecule has 1 aromatic carbocycles. The second kappa shape index (κ2) is 13.8. The minimum Gasteiger partial charge on any atom is -0.360 e. The molecule has 3 heteroatoms. The highest BCUT2D eigenvalue weighted by atomic mass is 15.1. The molecule has 0 saturated carbocycles. The molecule has 2 aliphatic heterocycles. The predicted molar refractivity (Wildman–Crippen MR) is 185 cm³/mol. The van der Waals surface area contributed by atoms with Gasteiger partial charge >= 0.3 is 0 Å². The van der Waals surface area contributed by atoms with Crippen LogP contribution < -0.4 is 10.6 Å². The van der Waals surface area contributed by atoms with E-state index in [2.05, 4.69) is 126 Å². The molecule has 4 atom stereocenters. The zero-order chi connectivity index (χ0) is 29.6. The number of nitrogens with zero attached hydrogens (tertiary/aromatic N) is 1. The first-order valence-corrected chi connectivity index (χ1v) is 16.8. The van der Waals surface area contributed by atoms with Crippen molar-refractivity contribution in [2.75, 3.05) is 6.54 Å². The molecule has 4 aliphatic carbocycles. The normalized spacial score (nSPS) is 31.0. The molecule has 1 aromatic rings. The van der Waals surface area contributed by atoms with Crippen molar-refractivity contribution in [3.05, 3.63) is 155 Å². The number of allylic oxidation sites excluding steroid dienone is 14. The van der Waals surface area contributed by atoms with Crippen molar-refractivity contribution in [1.29, 1.82) is 0 Å². The summed E-state index contributed by atoms with van der Waals surface area (Å²) in [4.78, 5) is 5.48. The highest BCUT2D eigenvalue weighted by molar-refractivity contribution is 6.01. The third kappa shape index (κ3) is 6.59. The number of hydrogen-bond acceptors (Lipinski definition) is 3. The van der Waals surface area contributed by atoms with E-state index in [-0.39, 0.29) is 6.17 Å². The SMILES string of the molecule is C1=CC(C2CNC(C3=CCCC=C3)C=C2C2=CCCC=C2)CC(/C2=N/C(c3ccccc3)N/C(C3=CCCC=C3)=C\CC2)=C1. The lowest BCUT2D eigenvalue weighted by Gasteiger charge is -2.37. The molecule has 2 N–H and O–H groups in total. The van der Waals surface area contributed by atoms with E-state index < -0.39 is 0 Å². The molecule has 0 aromatic heterocycles. The van der Waals surface area contributed by atoms with Gasteiger partial charge in [-0.25, -0.2) is 0 Å². The summed E-state index contributed by atoms with van der Waals surface area (Å²) in [5.41, 5.74) is 10.7. The molecule has 0 radical (unpaired) electrons. The van der Waals surface area contributed by atoms with E-state index in [0.717, 1.165) is 64.3 Å². The summed E-state index contributed by atoms with van der Waals surface area (Å²) in [6.45, 7) is 0.991. The van der Waals surface area contributed by atoms with Crippen LogP contribution in [0.25, 0.3) is 0 Å². The average molecular weight is 580 g/mol. The van der Waals surface area contributed by atoms with E-state index in [0.29, 0.717) is 17.9 Å². The fraction of sp³-hybridized carbons (Fsp3) is 0.341. The Kier molecular flexibility index (Phi) is 9.02. The van der Waals surface area contributed by atoms with Crippen molar-refractivity contribution in [2.24, 2.45) is 16.8 Å². The van der Waals surface area contributed by atoms with Crippen LogP contribution >= 0.6 is 0 Å². The van der Waals surface area contributed by atoms with Crippen LogP contribution in [-0.2, 0) is 0 Å². The van der Waals surface area contributed by atoms with Crippen LogP contribution in [0.15, 0.2) is 154 Å². The highest BCUT2D eigenvalue weighted by Gasteiger charge is 2.32. The van der Waals surface area contributed by atoms with Gasteiger partial charge in [-0.05, 0) is 97.1 Å². The number of nitrogens with one attached hydrogen (secondary N) is 2. The Morgan fingerprint density at radius 2 is 1.52 bits per heavy atom.